The maximum atomic E-state index is 11.5. The van der Waals surface area contributed by atoms with Crippen molar-refractivity contribution in [2.75, 3.05) is 18.4 Å². The molecular weight excluding hydrogens is 278 g/mol. The summed E-state index contributed by atoms with van der Waals surface area (Å²) < 4.78 is 0. The molecule has 1 aliphatic heterocycles. The number of carbonyl (C=O) groups is 1. The van der Waals surface area contributed by atoms with Crippen LogP contribution in [0, 0.1) is 18.8 Å². The first-order valence-corrected chi connectivity index (χ1v) is 7.94. The molecule has 6 heteroatoms. The van der Waals surface area contributed by atoms with Gasteiger partial charge in [-0.1, -0.05) is 0 Å². The number of amides is 1. The molecule has 1 saturated heterocycles. The van der Waals surface area contributed by atoms with Gasteiger partial charge < -0.3 is 15.2 Å². The fourth-order valence-corrected chi connectivity index (χ4v) is 4.03. The average molecular weight is 299 g/mol. The van der Waals surface area contributed by atoms with Gasteiger partial charge in [0.05, 0.1) is 5.39 Å². The molecule has 1 saturated carbocycles. The summed E-state index contributed by atoms with van der Waals surface area (Å²) in [5, 5.41) is 4.66. The second-order valence-corrected chi connectivity index (χ2v) is 6.62. The van der Waals surface area contributed by atoms with Crippen LogP contribution in [0.2, 0.25) is 0 Å². The topological polar surface area (TPSA) is 73.9 Å². The summed E-state index contributed by atoms with van der Waals surface area (Å²) in [5.41, 5.74) is 0.885. The van der Waals surface area contributed by atoms with Crippen molar-refractivity contribution in [1.82, 2.24) is 19.9 Å². The first-order valence-electron chi connectivity index (χ1n) is 7.94. The molecule has 1 amide bonds. The van der Waals surface area contributed by atoms with Gasteiger partial charge >= 0.3 is 0 Å². The van der Waals surface area contributed by atoms with Crippen LogP contribution in [-0.2, 0) is 4.79 Å². The summed E-state index contributed by atoms with van der Waals surface area (Å²) in [7, 11) is 0. The largest absolute Gasteiger partial charge is 0.367 e. The maximum Gasteiger partial charge on any atom is 0.219 e. The number of aromatic amines is 1. The lowest BCUT2D eigenvalue weighted by atomic mass is 10.0. The Morgan fingerprint density at radius 1 is 1.32 bits per heavy atom. The van der Waals surface area contributed by atoms with Crippen molar-refractivity contribution < 1.29 is 4.79 Å². The molecule has 2 aromatic rings. The monoisotopic (exact) mass is 299 g/mol. The molecule has 1 aliphatic carbocycles. The van der Waals surface area contributed by atoms with E-state index in [0.29, 0.717) is 17.9 Å². The number of nitrogens with one attached hydrogen (secondary N) is 2. The Morgan fingerprint density at radius 2 is 2.05 bits per heavy atom. The van der Waals surface area contributed by atoms with Gasteiger partial charge in [0.1, 0.15) is 17.3 Å². The minimum atomic E-state index is 0.208. The van der Waals surface area contributed by atoms with Crippen molar-refractivity contribution in [3.05, 3.63) is 18.1 Å². The molecule has 4 rings (SSSR count). The Kier molecular flexibility index (Phi) is 3.06. The lowest BCUT2D eigenvalue weighted by molar-refractivity contribution is -0.128. The van der Waals surface area contributed by atoms with E-state index in [0.717, 1.165) is 48.6 Å². The summed E-state index contributed by atoms with van der Waals surface area (Å²) in [6, 6.07) is 2.46. The van der Waals surface area contributed by atoms with Gasteiger partial charge in [-0.25, -0.2) is 9.97 Å². The summed E-state index contributed by atoms with van der Waals surface area (Å²) in [4.78, 5) is 25.6. The van der Waals surface area contributed by atoms with Crippen molar-refractivity contribution in [3.8, 4) is 0 Å². The number of hydrogen-bond acceptors (Lipinski definition) is 4. The molecule has 0 spiro atoms. The molecular formula is C16H21N5O. The lowest BCUT2D eigenvalue weighted by Gasteiger charge is -2.19. The standard InChI is InChI=1S/C16H21N5O/c1-9-18-15-14(3-4-17-15)16(19-9)20-13-5-11-7-21(10(2)22)8-12(11)6-13/h3-4,11-13H,5-8H2,1-2H3,(H2,17,18,19,20)/t11-,12+,13?. The second kappa shape index (κ2) is 4.97. The molecule has 22 heavy (non-hydrogen) atoms. The van der Waals surface area contributed by atoms with Crippen molar-refractivity contribution in [2.24, 2.45) is 11.8 Å². The van der Waals surface area contributed by atoms with E-state index in [1.807, 2.05) is 24.1 Å². The second-order valence-electron chi connectivity index (χ2n) is 6.62. The maximum absolute atomic E-state index is 11.5. The Bertz CT molecular complexity index is 710. The molecule has 1 unspecified atom stereocenters. The molecule has 3 heterocycles. The Morgan fingerprint density at radius 3 is 2.73 bits per heavy atom. The van der Waals surface area contributed by atoms with Crippen LogP contribution in [0.15, 0.2) is 12.3 Å². The number of nitrogens with zero attached hydrogens (tertiary/aromatic N) is 3. The highest BCUT2D eigenvalue weighted by atomic mass is 16.2. The van der Waals surface area contributed by atoms with Crippen LogP contribution in [0.3, 0.4) is 0 Å². The van der Waals surface area contributed by atoms with Crippen molar-refractivity contribution in [2.45, 2.75) is 32.7 Å². The third-order valence-electron chi connectivity index (χ3n) is 5.06. The molecule has 3 atom stereocenters. The van der Waals surface area contributed by atoms with E-state index in [4.69, 9.17) is 0 Å². The number of aryl methyl sites for hydroxylation is 1. The van der Waals surface area contributed by atoms with E-state index in [-0.39, 0.29) is 5.91 Å². The van der Waals surface area contributed by atoms with Crippen molar-refractivity contribution >= 4 is 22.8 Å². The number of rotatable bonds is 2. The zero-order chi connectivity index (χ0) is 15.3. The third kappa shape index (κ3) is 2.23. The van der Waals surface area contributed by atoms with E-state index in [2.05, 4.69) is 20.3 Å². The van der Waals surface area contributed by atoms with Gasteiger partial charge in [0, 0.05) is 32.3 Å². The van der Waals surface area contributed by atoms with Crippen molar-refractivity contribution in [1.29, 1.82) is 0 Å². The van der Waals surface area contributed by atoms with E-state index >= 15 is 0 Å². The number of fused-ring (bicyclic) bond motifs is 2. The van der Waals surface area contributed by atoms with Gasteiger partial charge in [-0.05, 0) is 37.7 Å². The fourth-order valence-electron chi connectivity index (χ4n) is 4.03. The normalized spacial score (nSPS) is 27.4. The van der Waals surface area contributed by atoms with Crippen LogP contribution in [0.1, 0.15) is 25.6 Å². The minimum Gasteiger partial charge on any atom is -0.367 e. The van der Waals surface area contributed by atoms with Gasteiger partial charge in [-0.3, -0.25) is 4.79 Å². The molecule has 0 bridgehead atoms. The van der Waals surface area contributed by atoms with E-state index in [1.54, 1.807) is 6.92 Å². The Balaban J connectivity index is 1.49. The highest BCUT2D eigenvalue weighted by molar-refractivity contribution is 5.87. The number of aromatic nitrogens is 3. The number of likely N-dealkylation sites (tertiary alicyclic amines) is 1. The third-order valence-corrected chi connectivity index (χ3v) is 5.06. The molecule has 2 fully saturated rings. The number of hydrogen-bond donors (Lipinski definition) is 2. The zero-order valence-electron chi connectivity index (χ0n) is 13.0. The predicted molar refractivity (Wildman–Crippen MR) is 84.5 cm³/mol. The summed E-state index contributed by atoms with van der Waals surface area (Å²) in [6.07, 6.45) is 4.13. The van der Waals surface area contributed by atoms with Crippen LogP contribution in [-0.4, -0.2) is 44.9 Å². The quantitative estimate of drug-likeness (QED) is 0.888. The molecule has 6 nitrogen and oxygen atoms in total. The van der Waals surface area contributed by atoms with E-state index in [1.165, 1.54) is 0 Å². The Hall–Kier alpha value is -2.11. The van der Waals surface area contributed by atoms with Gasteiger partial charge in [-0.2, -0.15) is 0 Å². The van der Waals surface area contributed by atoms with Crippen LogP contribution in [0.25, 0.3) is 11.0 Å². The zero-order valence-corrected chi connectivity index (χ0v) is 13.0. The first kappa shape index (κ1) is 13.5. The smallest absolute Gasteiger partial charge is 0.219 e. The lowest BCUT2D eigenvalue weighted by Crippen LogP contribution is -2.29. The molecule has 2 aliphatic rings. The van der Waals surface area contributed by atoms with Crippen LogP contribution in [0.4, 0.5) is 5.82 Å². The van der Waals surface area contributed by atoms with Gasteiger partial charge in [-0.15, -0.1) is 0 Å². The molecule has 2 aromatic heterocycles. The predicted octanol–water partition coefficient (Wildman–Crippen LogP) is 1.94. The minimum absolute atomic E-state index is 0.208. The van der Waals surface area contributed by atoms with Crippen LogP contribution >= 0.6 is 0 Å². The van der Waals surface area contributed by atoms with Crippen LogP contribution in [0.5, 0.6) is 0 Å². The van der Waals surface area contributed by atoms with Gasteiger partial charge in [0.15, 0.2) is 0 Å². The van der Waals surface area contributed by atoms with Gasteiger partial charge in [0.2, 0.25) is 5.91 Å². The SMILES string of the molecule is CC(=O)N1C[C@H]2CC(Nc3nc(C)nc4[nH]ccc34)C[C@H]2C1. The van der Waals surface area contributed by atoms with E-state index < -0.39 is 0 Å². The van der Waals surface area contributed by atoms with Crippen molar-refractivity contribution in [3.63, 3.8) is 0 Å². The molecule has 0 radical (unpaired) electrons. The molecule has 0 aromatic carbocycles. The fraction of sp³-hybridized carbons (Fsp3) is 0.562. The molecule has 2 N–H and O–H groups in total. The Labute approximate surface area is 129 Å². The molecule has 116 valence electrons. The summed E-state index contributed by atoms with van der Waals surface area (Å²) in [6.45, 7) is 5.42. The summed E-state index contributed by atoms with van der Waals surface area (Å²) in [5.74, 6) is 3.17. The number of H-pyrrole nitrogens is 1. The average Bonchev–Trinajstić information content (AvgIpc) is 3.11. The van der Waals surface area contributed by atoms with Gasteiger partial charge in [0.25, 0.3) is 0 Å². The highest BCUT2D eigenvalue weighted by Crippen LogP contribution is 2.39. The highest BCUT2D eigenvalue weighted by Gasteiger charge is 2.41. The summed E-state index contributed by atoms with van der Waals surface area (Å²) >= 11 is 0. The number of anilines is 1. The first-order chi connectivity index (χ1) is 10.6. The van der Waals surface area contributed by atoms with E-state index in [9.17, 15) is 4.79 Å². The number of carbonyl (C=O) groups excluding carboxylic acids is 1. The van der Waals surface area contributed by atoms with Crippen LogP contribution < -0.4 is 5.32 Å².